The van der Waals surface area contributed by atoms with Gasteiger partial charge < -0.3 is 18.9 Å². The van der Waals surface area contributed by atoms with Crippen LogP contribution in [-0.4, -0.2) is 52.3 Å². The quantitative estimate of drug-likeness (QED) is 0.838. The van der Waals surface area contributed by atoms with E-state index in [0.717, 1.165) is 31.4 Å². The molecule has 26 heavy (non-hydrogen) atoms. The Morgan fingerprint density at radius 3 is 3.04 bits per heavy atom. The second-order valence-electron chi connectivity index (χ2n) is 7.24. The summed E-state index contributed by atoms with van der Waals surface area (Å²) in [5.74, 6) is 1.86. The number of pyridine rings is 1. The molecule has 0 aromatic carbocycles. The van der Waals surface area contributed by atoms with E-state index in [1.165, 1.54) is 0 Å². The third-order valence-electron chi connectivity index (χ3n) is 5.39. The minimum Gasteiger partial charge on any atom is -0.484 e. The maximum absolute atomic E-state index is 13.0. The van der Waals surface area contributed by atoms with Crippen molar-refractivity contribution in [1.29, 1.82) is 0 Å². The van der Waals surface area contributed by atoms with Crippen molar-refractivity contribution in [3.8, 4) is 5.75 Å². The van der Waals surface area contributed by atoms with Crippen molar-refractivity contribution in [2.45, 2.75) is 49.9 Å². The van der Waals surface area contributed by atoms with Gasteiger partial charge in [0, 0.05) is 24.8 Å². The number of carbonyl (C=O) groups is 1. The fraction of sp³-hybridized carbons (Fsp3) is 0.526. The molecule has 2 saturated heterocycles. The van der Waals surface area contributed by atoms with E-state index in [4.69, 9.17) is 14.0 Å². The SMILES string of the molecule is O=C(c1cc(C2CC2)on1)N1C[C@H](Oc2cccnc2)[C@H]2OCCC[C@H]21. The summed E-state index contributed by atoms with van der Waals surface area (Å²) >= 11 is 0. The molecule has 136 valence electrons. The van der Waals surface area contributed by atoms with E-state index >= 15 is 0 Å². The van der Waals surface area contributed by atoms with E-state index in [1.807, 2.05) is 17.0 Å². The minimum absolute atomic E-state index is 0.0130. The normalized spacial score (nSPS) is 28.0. The number of nitrogens with zero attached hydrogens (tertiary/aromatic N) is 3. The van der Waals surface area contributed by atoms with E-state index in [-0.39, 0.29) is 24.2 Å². The summed E-state index contributed by atoms with van der Waals surface area (Å²) in [6.07, 6.45) is 7.15. The van der Waals surface area contributed by atoms with Crippen LogP contribution in [0.2, 0.25) is 0 Å². The molecular weight excluding hydrogens is 334 g/mol. The summed E-state index contributed by atoms with van der Waals surface area (Å²) in [5.41, 5.74) is 0.387. The van der Waals surface area contributed by atoms with E-state index < -0.39 is 0 Å². The fourth-order valence-electron chi connectivity index (χ4n) is 3.94. The Labute approximate surface area is 151 Å². The zero-order valence-electron chi connectivity index (χ0n) is 14.4. The Morgan fingerprint density at radius 1 is 1.31 bits per heavy atom. The van der Waals surface area contributed by atoms with Crippen molar-refractivity contribution >= 4 is 5.91 Å². The molecule has 2 aromatic heterocycles. The van der Waals surface area contributed by atoms with Gasteiger partial charge in [-0.3, -0.25) is 9.78 Å². The van der Waals surface area contributed by atoms with Gasteiger partial charge in [0.2, 0.25) is 0 Å². The zero-order valence-corrected chi connectivity index (χ0v) is 14.4. The number of carbonyl (C=O) groups excluding carboxylic acids is 1. The van der Waals surface area contributed by atoms with Crippen molar-refractivity contribution in [1.82, 2.24) is 15.0 Å². The van der Waals surface area contributed by atoms with Crippen molar-refractivity contribution < 1.29 is 18.8 Å². The maximum Gasteiger partial charge on any atom is 0.276 e. The van der Waals surface area contributed by atoms with Crippen molar-refractivity contribution in [2.75, 3.05) is 13.2 Å². The minimum atomic E-state index is -0.205. The van der Waals surface area contributed by atoms with Crippen LogP contribution in [0.5, 0.6) is 5.75 Å². The number of hydrogen-bond donors (Lipinski definition) is 0. The van der Waals surface area contributed by atoms with Crippen LogP contribution in [0.3, 0.4) is 0 Å². The lowest BCUT2D eigenvalue weighted by Gasteiger charge is -2.31. The second kappa shape index (κ2) is 6.39. The summed E-state index contributed by atoms with van der Waals surface area (Å²) in [4.78, 5) is 19.0. The molecule has 0 bridgehead atoms. The maximum atomic E-state index is 13.0. The van der Waals surface area contributed by atoms with Gasteiger partial charge in [0.05, 0.1) is 18.8 Å². The lowest BCUT2D eigenvalue weighted by molar-refractivity contribution is -0.0447. The van der Waals surface area contributed by atoms with Crippen LogP contribution in [0.1, 0.15) is 47.8 Å². The first-order valence-corrected chi connectivity index (χ1v) is 9.25. The Bertz CT molecular complexity index is 789. The Morgan fingerprint density at radius 2 is 2.23 bits per heavy atom. The summed E-state index contributed by atoms with van der Waals surface area (Å²) < 4.78 is 17.4. The van der Waals surface area contributed by atoms with Gasteiger partial charge in [0.1, 0.15) is 23.7 Å². The lowest BCUT2D eigenvalue weighted by Crippen LogP contribution is -2.44. The topological polar surface area (TPSA) is 77.7 Å². The molecule has 3 atom stereocenters. The molecule has 1 aliphatic carbocycles. The van der Waals surface area contributed by atoms with E-state index in [0.29, 0.717) is 30.5 Å². The number of rotatable bonds is 4. The smallest absolute Gasteiger partial charge is 0.276 e. The highest BCUT2D eigenvalue weighted by molar-refractivity contribution is 5.92. The van der Waals surface area contributed by atoms with Gasteiger partial charge in [-0.25, -0.2) is 0 Å². The monoisotopic (exact) mass is 355 g/mol. The van der Waals surface area contributed by atoms with Crippen LogP contribution in [0.25, 0.3) is 0 Å². The highest BCUT2D eigenvalue weighted by Crippen LogP contribution is 2.40. The third kappa shape index (κ3) is 2.86. The van der Waals surface area contributed by atoms with Gasteiger partial charge in [-0.05, 0) is 37.8 Å². The van der Waals surface area contributed by atoms with Crippen molar-refractivity contribution in [3.63, 3.8) is 0 Å². The first kappa shape index (κ1) is 15.8. The molecule has 2 aliphatic heterocycles. The van der Waals surface area contributed by atoms with Crippen LogP contribution in [0.15, 0.2) is 35.1 Å². The Kier molecular flexibility index (Phi) is 3.89. The van der Waals surface area contributed by atoms with Gasteiger partial charge in [0.15, 0.2) is 5.69 Å². The first-order chi connectivity index (χ1) is 12.8. The molecule has 5 rings (SSSR count). The molecular formula is C19H21N3O4. The second-order valence-corrected chi connectivity index (χ2v) is 7.24. The van der Waals surface area contributed by atoms with Gasteiger partial charge in [0.25, 0.3) is 5.91 Å². The van der Waals surface area contributed by atoms with E-state index in [2.05, 4.69) is 10.1 Å². The van der Waals surface area contributed by atoms with Crippen LogP contribution in [0, 0.1) is 0 Å². The molecule has 1 saturated carbocycles. The van der Waals surface area contributed by atoms with Crippen LogP contribution >= 0.6 is 0 Å². The fourth-order valence-corrected chi connectivity index (χ4v) is 3.94. The van der Waals surface area contributed by atoms with Gasteiger partial charge in [-0.15, -0.1) is 0 Å². The zero-order chi connectivity index (χ0) is 17.5. The highest BCUT2D eigenvalue weighted by atomic mass is 16.5. The number of hydrogen-bond acceptors (Lipinski definition) is 6. The van der Waals surface area contributed by atoms with Crippen LogP contribution < -0.4 is 4.74 Å². The molecule has 0 unspecified atom stereocenters. The number of fused-ring (bicyclic) bond motifs is 1. The summed E-state index contributed by atoms with van der Waals surface area (Å²) in [6, 6.07) is 5.52. The Balaban J connectivity index is 1.36. The number of ether oxygens (including phenoxy) is 2. The summed E-state index contributed by atoms with van der Waals surface area (Å²) in [6.45, 7) is 1.18. The lowest BCUT2D eigenvalue weighted by atomic mass is 10.0. The van der Waals surface area contributed by atoms with Gasteiger partial charge in [-0.1, -0.05) is 5.16 Å². The van der Waals surface area contributed by atoms with Crippen LogP contribution in [-0.2, 0) is 4.74 Å². The predicted molar refractivity (Wildman–Crippen MR) is 90.9 cm³/mol. The van der Waals surface area contributed by atoms with Crippen molar-refractivity contribution in [2.24, 2.45) is 0 Å². The Hall–Kier alpha value is -2.41. The van der Waals surface area contributed by atoms with Crippen LogP contribution in [0.4, 0.5) is 0 Å². The van der Waals surface area contributed by atoms with E-state index in [9.17, 15) is 4.79 Å². The molecule has 7 nitrogen and oxygen atoms in total. The average Bonchev–Trinajstić information content (AvgIpc) is 3.30. The summed E-state index contributed by atoms with van der Waals surface area (Å²) in [5, 5.41) is 4.01. The predicted octanol–water partition coefficient (Wildman–Crippen LogP) is 2.40. The molecule has 0 spiro atoms. The first-order valence-electron chi connectivity index (χ1n) is 9.25. The molecule has 1 amide bonds. The number of likely N-dealkylation sites (tertiary alicyclic amines) is 1. The molecule has 0 N–H and O–H groups in total. The molecule has 0 radical (unpaired) electrons. The molecule has 3 aliphatic rings. The third-order valence-corrected chi connectivity index (χ3v) is 5.39. The molecule has 3 fully saturated rings. The molecule has 4 heterocycles. The standard InChI is InChI=1S/C19H21N3O4/c23-19(14-9-16(26-21-14)12-5-6-12)22-11-17(18-15(22)4-2-8-24-18)25-13-3-1-7-20-10-13/h1,3,7,9-10,12,15,17-18H,2,4-6,8,11H2/t15-,17+,18+/m1/s1. The highest BCUT2D eigenvalue weighted by Gasteiger charge is 2.48. The van der Waals surface area contributed by atoms with Gasteiger partial charge >= 0.3 is 0 Å². The summed E-state index contributed by atoms with van der Waals surface area (Å²) in [7, 11) is 0. The molecule has 2 aromatic rings. The van der Waals surface area contributed by atoms with E-state index in [1.54, 1.807) is 18.5 Å². The average molecular weight is 355 g/mol. The number of amides is 1. The van der Waals surface area contributed by atoms with Gasteiger partial charge in [-0.2, -0.15) is 0 Å². The largest absolute Gasteiger partial charge is 0.484 e. The molecule has 7 heteroatoms. The van der Waals surface area contributed by atoms with Crippen molar-refractivity contribution in [3.05, 3.63) is 42.0 Å². The number of aromatic nitrogens is 2.